The van der Waals surface area contributed by atoms with E-state index in [2.05, 4.69) is 10.1 Å². The minimum Gasteiger partial charge on any atom is -0.410 e. The van der Waals surface area contributed by atoms with Gasteiger partial charge in [0, 0.05) is 17.8 Å². The Morgan fingerprint density at radius 1 is 1.23 bits per heavy atom. The van der Waals surface area contributed by atoms with Crippen molar-refractivity contribution in [2.45, 2.75) is 0 Å². The molecule has 1 N–H and O–H groups in total. The second-order valence-electron chi connectivity index (χ2n) is 2.53. The normalized spacial score (nSPS) is 12.5. The van der Waals surface area contributed by atoms with Gasteiger partial charge < -0.3 is 5.21 Å². The Bertz CT molecular complexity index is 558. The van der Waals surface area contributed by atoms with E-state index in [1.807, 2.05) is 0 Å². The highest BCUT2D eigenvalue weighted by Crippen LogP contribution is 1.98. The summed E-state index contributed by atoms with van der Waals surface area (Å²) in [6.07, 6.45) is 2.69. The highest BCUT2D eigenvalue weighted by atomic mass is 16.4. The smallest absolute Gasteiger partial charge is 0.221 e. The van der Waals surface area contributed by atoms with Gasteiger partial charge in [-0.3, -0.25) is 14.6 Å². The molecule has 2 rings (SSSR count). The Balaban J connectivity index is 3.26. The molecule has 64 valence electrons. The average molecular weight is 176 g/mol. The lowest BCUT2D eigenvalue weighted by Gasteiger charge is -1.80. The lowest BCUT2D eigenvalue weighted by Crippen LogP contribution is -2.31. The first-order valence-electron chi connectivity index (χ1n) is 3.51. The van der Waals surface area contributed by atoms with E-state index in [-0.39, 0.29) is 10.8 Å². The van der Waals surface area contributed by atoms with Crippen LogP contribution in [-0.4, -0.2) is 10.2 Å². The zero-order chi connectivity index (χ0) is 9.42. The van der Waals surface area contributed by atoms with Crippen LogP contribution < -0.4 is 16.2 Å². The van der Waals surface area contributed by atoms with E-state index in [1.54, 1.807) is 0 Å². The van der Waals surface area contributed by atoms with Crippen molar-refractivity contribution in [3.05, 3.63) is 44.3 Å². The molecule has 2 aromatic rings. The van der Waals surface area contributed by atoms with Crippen LogP contribution in [0.4, 0.5) is 0 Å². The van der Waals surface area contributed by atoms with Crippen molar-refractivity contribution in [2.24, 2.45) is 5.16 Å². The quantitative estimate of drug-likeness (QED) is 0.417. The Kier molecular flexibility index (Phi) is 1.45. The fraction of sp³-hybridized carbons (Fsp3) is 0. The van der Waals surface area contributed by atoms with Crippen LogP contribution in [0.25, 0.3) is 10.8 Å². The van der Waals surface area contributed by atoms with Gasteiger partial charge in [-0.05, 0) is 6.07 Å². The number of rotatable bonds is 0. The standard InChI is InChI=1S/C8H4N2O3/c11-7-4-1-2-9-3-5(4)8(12)6(7)10-13/h1-3,13H/b10-6-. The molecule has 0 unspecified atom stereocenters. The summed E-state index contributed by atoms with van der Waals surface area (Å²) < 4.78 is 0. The maximum atomic E-state index is 11.3. The third kappa shape index (κ3) is 0.868. The Labute approximate surface area is 71.3 Å². The molecule has 5 nitrogen and oxygen atoms in total. The topological polar surface area (TPSA) is 79.6 Å². The van der Waals surface area contributed by atoms with Gasteiger partial charge >= 0.3 is 0 Å². The molecule has 0 aliphatic carbocycles. The monoisotopic (exact) mass is 176 g/mol. The SMILES string of the molecule is O=c1/c(=N/O)c(=O)c2cnccc12. The van der Waals surface area contributed by atoms with Gasteiger partial charge in [0.15, 0.2) is 5.36 Å². The van der Waals surface area contributed by atoms with Crippen LogP contribution in [0.5, 0.6) is 0 Å². The molecule has 0 bridgehead atoms. The molecule has 0 saturated heterocycles. The number of hydrogen-bond acceptors (Lipinski definition) is 5. The molecule has 1 aromatic carbocycles. The second kappa shape index (κ2) is 2.48. The minimum atomic E-state index is -0.574. The van der Waals surface area contributed by atoms with Gasteiger partial charge in [-0.2, -0.15) is 0 Å². The van der Waals surface area contributed by atoms with Gasteiger partial charge in [0.05, 0.1) is 5.39 Å². The van der Waals surface area contributed by atoms with E-state index >= 15 is 0 Å². The molecule has 0 saturated carbocycles. The Morgan fingerprint density at radius 2 is 1.92 bits per heavy atom. The predicted octanol–water partition coefficient (Wildman–Crippen LogP) is -0.879. The fourth-order valence-corrected chi connectivity index (χ4v) is 1.22. The zero-order valence-corrected chi connectivity index (χ0v) is 6.39. The number of nitrogens with zero attached hydrogens (tertiary/aromatic N) is 2. The maximum absolute atomic E-state index is 11.3. The summed E-state index contributed by atoms with van der Waals surface area (Å²) in [6, 6.07) is 1.42. The molecule has 0 atom stereocenters. The molecule has 0 amide bonds. The third-order valence-electron chi connectivity index (χ3n) is 1.84. The van der Waals surface area contributed by atoms with Crippen molar-refractivity contribution in [3.8, 4) is 0 Å². The summed E-state index contributed by atoms with van der Waals surface area (Å²) in [5, 5.41) is 11.1. The summed E-state index contributed by atoms with van der Waals surface area (Å²) in [4.78, 5) is 26.3. The van der Waals surface area contributed by atoms with Gasteiger partial charge in [-0.25, -0.2) is 0 Å². The molecule has 0 fully saturated rings. The summed E-state index contributed by atoms with van der Waals surface area (Å²) >= 11 is 0. The van der Waals surface area contributed by atoms with Crippen LogP contribution in [0.2, 0.25) is 0 Å². The van der Waals surface area contributed by atoms with Gasteiger partial charge in [0.1, 0.15) is 0 Å². The first-order chi connectivity index (χ1) is 6.25. The Hall–Kier alpha value is -2.04. The van der Waals surface area contributed by atoms with Gasteiger partial charge in [-0.1, -0.05) is 5.16 Å². The van der Waals surface area contributed by atoms with E-state index in [1.165, 1.54) is 18.5 Å². The van der Waals surface area contributed by atoms with Crippen LogP contribution in [0, 0.1) is 0 Å². The highest BCUT2D eigenvalue weighted by Gasteiger charge is 2.09. The lowest BCUT2D eigenvalue weighted by atomic mass is 10.3. The third-order valence-corrected chi connectivity index (χ3v) is 1.84. The molecule has 0 spiro atoms. The Morgan fingerprint density at radius 3 is 2.54 bits per heavy atom. The summed E-state index contributed by atoms with van der Waals surface area (Å²) in [5.41, 5.74) is -1.12. The van der Waals surface area contributed by atoms with Crippen LogP contribution >= 0.6 is 0 Å². The number of aromatic nitrogens is 1. The molecule has 5 heteroatoms. The fourth-order valence-electron chi connectivity index (χ4n) is 1.22. The second-order valence-corrected chi connectivity index (χ2v) is 2.53. The van der Waals surface area contributed by atoms with Crippen LogP contribution in [0.15, 0.2) is 33.2 Å². The molecule has 0 aliphatic rings. The molecule has 1 heterocycles. The van der Waals surface area contributed by atoms with Gasteiger partial charge in [0.2, 0.25) is 10.9 Å². The van der Waals surface area contributed by atoms with Crippen molar-refractivity contribution >= 4 is 10.8 Å². The van der Waals surface area contributed by atoms with Crippen molar-refractivity contribution in [2.75, 3.05) is 0 Å². The van der Waals surface area contributed by atoms with Crippen molar-refractivity contribution in [1.29, 1.82) is 0 Å². The number of pyridine rings is 1. The van der Waals surface area contributed by atoms with Gasteiger partial charge in [0.25, 0.3) is 0 Å². The van der Waals surface area contributed by atoms with Crippen molar-refractivity contribution in [3.63, 3.8) is 0 Å². The largest absolute Gasteiger partial charge is 0.410 e. The molecule has 0 radical (unpaired) electrons. The molecule has 13 heavy (non-hydrogen) atoms. The summed E-state index contributed by atoms with van der Waals surface area (Å²) in [6.45, 7) is 0. The van der Waals surface area contributed by atoms with Crippen LogP contribution in [-0.2, 0) is 0 Å². The number of hydrogen-bond donors (Lipinski definition) is 1. The molecule has 0 aliphatic heterocycles. The number of fused-ring (bicyclic) bond motifs is 1. The molecular weight excluding hydrogens is 172 g/mol. The van der Waals surface area contributed by atoms with Crippen molar-refractivity contribution in [1.82, 2.24) is 4.98 Å². The van der Waals surface area contributed by atoms with Crippen LogP contribution in [0.1, 0.15) is 0 Å². The molecular formula is C8H4N2O3. The van der Waals surface area contributed by atoms with Crippen molar-refractivity contribution < 1.29 is 5.21 Å². The summed E-state index contributed by atoms with van der Waals surface area (Å²) in [7, 11) is 0. The first kappa shape index (κ1) is 7.60. The highest BCUT2D eigenvalue weighted by molar-refractivity contribution is 5.82. The van der Waals surface area contributed by atoms with E-state index in [9.17, 15) is 9.59 Å². The van der Waals surface area contributed by atoms with E-state index < -0.39 is 16.2 Å². The van der Waals surface area contributed by atoms with Gasteiger partial charge in [-0.15, -0.1) is 0 Å². The predicted molar refractivity (Wildman–Crippen MR) is 44.0 cm³/mol. The first-order valence-corrected chi connectivity index (χ1v) is 3.51. The van der Waals surface area contributed by atoms with E-state index in [4.69, 9.17) is 5.21 Å². The minimum absolute atomic E-state index is 0.195. The van der Waals surface area contributed by atoms with E-state index in [0.717, 1.165) is 0 Å². The lowest BCUT2D eigenvalue weighted by molar-refractivity contribution is 0.301. The maximum Gasteiger partial charge on any atom is 0.221 e. The molecule has 1 aromatic heterocycles. The average Bonchev–Trinajstić information content (AvgIpc) is 2.41. The van der Waals surface area contributed by atoms with Crippen LogP contribution in [0.3, 0.4) is 0 Å². The zero-order valence-electron chi connectivity index (χ0n) is 6.39. The van der Waals surface area contributed by atoms with E-state index in [0.29, 0.717) is 0 Å². The summed E-state index contributed by atoms with van der Waals surface area (Å²) in [5.74, 6) is 0.